The molecule has 1 unspecified atom stereocenters. The number of ether oxygens (including phenoxy) is 1. The highest BCUT2D eigenvalue weighted by Gasteiger charge is 2.09. The summed E-state index contributed by atoms with van der Waals surface area (Å²) in [7, 11) is 0. The Morgan fingerprint density at radius 3 is 2.62 bits per heavy atom. The van der Waals surface area contributed by atoms with Gasteiger partial charge in [0, 0.05) is 0 Å². The molecule has 0 aliphatic carbocycles. The topological polar surface area (TPSA) is 46.5 Å². The largest absolute Gasteiger partial charge is 0.457 e. The summed E-state index contributed by atoms with van der Waals surface area (Å²) in [5, 5.41) is 8.65. The highest BCUT2D eigenvalue weighted by molar-refractivity contribution is 5.89. The molecular weight excluding hydrogens is 168 g/mol. The lowest BCUT2D eigenvalue weighted by molar-refractivity contribution is 0.0197. The zero-order chi connectivity index (χ0) is 9.68. The third-order valence-electron chi connectivity index (χ3n) is 1.57. The Kier molecular flexibility index (Phi) is 3.46. The second-order valence-electron chi connectivity index (χ2n) is 2.76. The second kappa shape index (κ2) is 4.62. The van der Waals surface area contributed by atoms with Gasteiger partial charge < -0.3 is 9.84 Å². The number of aliphatic hydroxyl groups excluding tert-OH is 1. The first-order valence-corrected chi connectivity index (χ1v) is 4.11. The first-order chi connectivity index (χ1) is 6.24. The van der Waals surface area contributed by atoms with Crippen LogP contribution in [0.3, 0.4) is 0 Å². The molecule has 70 valence electrons. The molecule has 0 saturated carbocycles. The molecule has 3 nitrogen and oxygen atoms in total. The van der Waals surface area contributed by atoms with Crippen LogP contribution < -0.4 is 0 Å². The molecule has 1 aromatic rings. The van der Waals surface area contributed by atoms with E-state index in [1.807, 2.05) is 6.07 Å². The smallest absolute Gasteiger partial charge is 0.338 e. The highest BCUT2D eigenvalue weighted by atomic mass is 16.5. The minimum Gasteiger partial charge on any atom is -0.457 e. The number of carbonyl (C=O) groups excluding carboxylic acids is 1. The quantitative estimate of drug-likeness (QED) is 0.711. The summed E-state index contributed by atoms with van der Waals surface area (Å²) in [5.41, 5.74) is 0.503. The molecule has 1 rings (SSSR count). The van der Waals surface area contributed by atoms with Crippen molar-refractivity contribution in [3.8, 4) is 0 Å². The Balaban J connectivity index is 2.59. The van der Waals surface area contributed by atoms with Gasteiger partial charge in [-0.15, -0.1) is 0 Å². The molecule has 0 fully saturated rings. The van der Waals surface area contributed by atoms with E-state index in [4.69, 9.17) is 9.84 Å². The van der Waals surface area contributed by atoms with E-state index in [0.29, 0.717) is 5.56 Å². The monoisotopic (exact) mass is 180 g/mol. The summed E-state index contributed by atoms with van der Waals surface area (Å²) < 4.78 is 4.90. The van der Waals surface area contributed by atoms with E-state index in [9.17, 15) is 4.79 Å². The van der Waals surface area contributed by atoms with E-state index in [0.717, 1.165) is 0 Å². The maximum atomic E-state index is 11.3. The SMILES string of the molecule is CC(CO)OC(=O)c1ccccc1. The maximum absolute atomic E-state index is 11.3. The van der Waals surface area contributed by atoms with Crippen molar-refractivity contribution < 1.29 is 14.6 Å². The molecule has 0 bridgehead atoms. The van der Waals surface area contributed by atoms with E-state index in [-0.39, 0.29) is 6.61 Å². The van der Waals surface area contributed by atoms with Crippen molar-refractivity contribution in [1.29, 1.82) is 0 Å². The fraction of sp³-hybridized carbons (Fsp3) is 0.300. The molecule has 1 atom stereocenters. The van der Waals surface area contributed by atoms with Crippen molar-refractivity contribution in [3.63, 3.8) is 0 Å². The molecule has 0 radical (unpaired) electrons. The molecule has 3 heteroatoms. The van der Waals surface area contributed by atoms with Crippen LogP contribution in [0, 0.1) is 0 Å². The van der Waals surface area contributed by atoms with Crippen LogP contribution in [-0.2, 0) is 4.74 Å². The van der Waals surface area contributed by atoms with Gasteiger partial charge in [0.2, 0.25) is 0 Å². The standard InChI is InChI=1S/C10H12O3/c1-8(7-11)13-10(12)9-5-3-2-4-6-9/h2-6,8,11H,7H2,1H3. The molecule has 0 aromatic heterocycles. The van der Waals surface area contributed by atoms with Crippen LogP contribution in [0.15, 0.2) is 30.3 Å². The van der Waals surface area contributed by atoms with E-state index in [1.165, 1.54) is 0 Å². The van der Waals surface area contributed by atoms with Gasteiger partial charge in [-0.1, -0.05) is 18.2 Å². The maximum Gasteiger partial charge on any atom is 0.338 e. The van der Waals surface area contributed by atoms with Crippen LogP contribution in [-0.4, -0.2) is 23.8 Å². The summed E-state index contributed by atoms with van der Waals surface area (Å²) in [6.45, 7) is 1.49. The van der Waals surface area contributed by atoms with Gasteiger partial charge in [-0.2, -0.15) is 0 Å². The van der Waals surface area contributed by atoms with Gasteiger partial charge in [-0.25, -0.2) is 4.79 Å². The Morgan fingerprint density at radius 1 is 1.46 bits per heavy atom. The van der Waals surface area contributed by atoms with Gasteiger partial charge in [-0.05, 0) is 19.1 Å². The predicted molar refractivity (Wildman–Crippen MR) is 48.4 cm³/mol. The minimum atomic E-state index is -0.451. The van der Waals surface area contributed by atoms with Crippen LogP contribution >= 0.6 is 0 Å². The van der Waals surface area contributed by atoms with Crippen molar-refractivity contribution >= 4 is 5.97 Å². The van der Waals surface area contributed by atoms with Crippen LogP contribution in [0.1, 0.15) is 17.3 Å². The van der Waals surface area contributed by atoms with E-state index in [1.54, 1.807) is 31.2 Å². The lowest BCUT2D eigenvalue weighted by Crippen LogP contribution is -2.18. The zero-order valence-corrected chi connectivity index (χ0v) is 7.43. The number of hydrogen-bond acceptors (Lipinski definition) is 3. The average molecular weight is 180 g/mol. The van der Waals surface area contributed by atoms with E-state index in [2.05, 4.69) is 0 Å². The summed E-state index contributed by atoms with van der Waals surface area (Å²) in [4.78, 5) is 11.3. The van der Waals surface area contributed by atoms with E-state index >= 15 is 0 Å². The van der Waals surface area contributed by atoms with E-state index < -0.39 is 12.1 Å². The number of carbonyl (C=O) groups is 1. The average Bonchev–Trinajstić information content (AvgIpc) is 2.19. The molecule has 13 heavy (non-hydrogen) atoms. The third-order valence-corrected chi connectivity index (χ3v) is 1.57. The number of rotatable bonds is 3. The van der Waals surface area contributed by atoms with Gasteiger partial charge in [0.15, 0.2) is 0 Å². The zero-order valence-electron chi connectivity index (χ0n) is 7.43. The first-order valence-electron chi connectivity index (χ1n) is 4.11. The van der Waals surface area contributed by atoms with Gasteiger partial charge in [0.25, 0.3) is 0 Å². The number of aliphatic hydroxyl groups is 1. The first kappa shape index (κ1) is 9.74. The third kappa shape index (κ3) is 2.87. The van der Waals surface area contributed by atoms with Gasteiger partial charge in [0.05, 0.1) is 12.2 Å². The van der Waals surface area contributed by atoms with Crippen LogP contribution in [0.5, 0.6) is 0 Å². The summed E-state index contributed by atoms with van der Waals surface area (Å²) in [6.07, 6.45) is -0.451. The summed E-state index contributed by atoms with van der Waals surface area (Å²) in [6, 6.07) is 8.70. The minimum absolute atomic E-state index is 0.154. The van der Waals surface area contributed by atoms with Gasteiger partial charge in [0.1, 0.15) is 6.10 Å². The molecule has 1 N–H and O–H groups in total. The molecule has 0 spiro atoms. The van der Waals surface area contributed by atoms with Crippen LogP contribution in [0.2, 0.25) is 0 Å². The number of benzene rings is 1. The fourth-order valence-corrected chi connectivity index (χ4v) is 0.862. The lowest BCUT2D eigenvalue weighted by Gasteiger charge is -2.09. The van der Waals surface area contributed by atoms with Crippen LogP contribution in [0.4, 0.5) is 0 Å². The Morgan fingerprint density at radius 2 is 2.08 bits per heavy atom. The molecule has 0 aliphatic rings. The molecule has 0 saturated heterocycles. The van der Waals surface area contributed by atoms with Crippen LogP contribution in [0.25, 0.3) is 0 Å². The fourth-order valence-electron chi connectivity index (χ4n) is 0.862. The van der Waals surface area contributed by atoms with Crippen molar-refractivity contribution in [2.45, 2.75) is 13.0 Å². The molecule has 1 aromatic carbocycles. The molecule has 0 heterocycles. The van der Waals surface area contributed by atoms with Crippen molar-refractivity contribution in [3.05, 3.63) is 35.9 Å². The predicted octanol–water partition coefficient (Wildman–Crippen LogP) is 1.22. The molecular formula is C10H12O3. The van der Waals surface area contributed by atoms with Gasteiger partial charge in [-0.3, -0.25) is 0 Å². The normalized spacial score (nSPS) is 12.2. The molecule has 0 amide bonds. The Hall–Kier alpha value is -1.35. The van der Waals surface area contributed by atoms with Gasteiger partial charge >= 0.3 is 5.97 Å². The number of hydrogen-bond donors (Lipinski definition) is 1. The Labute approximate surface area is 77.0 Å². The highest BCUT2D eigenvalue weighted by Crippen LogP contribution is 2.02. The van der Waals surface area contributed by atoms with Crippen molar-refractivity contribution in [1.82, 2.24) is 0 Å². The Bertz CT molecular complexity index is 269. The van der Waals surface area contributed by atoms with Crippen molar-refractivity contribution in [2.24, 2.45) is 0 Å². The summed E-state index contributed by atoms with van der Waals surface area (Å²) >= 11 is 0. The van der Waals surface area contributed by atoms with Crippen molar-refractivity contribution in [2.75, 3.05) is 6.61 Å². The lowest BCUT2D eigenvalue weighted by atomic mass is 10.2. The number of esters is 1. The summed E-state index contributed by atoms with van der Waals surface area (Å²) in [5.74, 6) is -0.401. The second-order valence-corrected chi connectivity index (χ2v) is 2.76. The molecule has 0 aliphatic heterocycles.